The summed E-state index contributed by atoms with van der Waals surface area (Å²) in [5, 5.41) is 6.13. The number of nitrogens with one attached hydrogen (secondary N) is 2. The highest BCUT2D eigenvalue weighted by Crippen LogP contribution is 2.21. The van der Waals surface area contributed by atoms with Crippen LogP contribution in [0.25, 0.3) is 0 Å². The van der Waals surface area contributed by atoms with E-state index in [1.165, 1.54) is 20.3 Å². The summed E-state index contributed by atoms with van der Waals surface area (Å²) in [6.07, 6.45) is 0. The predicted molar refractivity (Wildman–Crippen MR) is 104 cm³/mol. The summed E-state index contributed by atoms with van der Waals surface area (Å²) in [4.78, 5) is 16.0. The van der Waals surface area contributed by atoms with E-state index in [0.29, 0.717) is 29.4 Å². The van der Waals surface area contributed by atoms with Crippen LogP contribution in [0.15, 0.2) is 47.5 Å². The van der Waals surface area contributed by atoms with Crippen molar-refractivity contribution in [2.75, 3.05) is 21.3 Å². The number of aliphatic imine (C=N–C) groups is 1. The van der Waals surface area contributed by atoms with Gasteiger partial charge in [-0.1, -0.05) is 24.3 Å². The molecule has 0 aliphatic heterocycles. The lowest BCUT2D eigenvalue weighted by Gasteiger charge is -2.15. The molecule has 0 atom stereocenters. The van der Waals surface area contributed by atoms with Crippen LogP contribution in [0.2, 0.25) is 0 Å². The van der Waals surface area contributed by atoms with E-state index in [9.17, 15) is 13.6 Å². The fourth-order valence-corrected chi connectivity index (χ4v) is 2.58. The minimum atomic E-state index is -2.90. The van der Waals surface area contributed by atoms with Crippen LogP contribution in [0.3, 0.4) is 0 Å². The van der Waals surface area contributed by atoms with Gasteiger partial charge in [0.05, 0.1) is 14.2 Å². The number of carbonyl (C=O) groups excluding carboxylic acids is 1. The SMILES string of the molecule is CN=C(NCc1ccc(OC)c(C(=O)OC)c1)NCc1ccccc1OC(F)F. The second-order valence-electron chi connectivity index (χ2n) is 5.79. The van der Waals surface area contributed by atoms with E-state index < -0.39 is 12.6 Å². The van der Waals surface area contributed by atoms with Crippen molar-refractivity contribution in [1.29, 1.82) is 0 Å². The molecule has 0 aromatic heterocycles. The molecule has 0 radical (unpaired) electrons. The van der Waals surface area contributed by atoms with Crippen LogP contribution in [0, 0.1) is 0 Å². The summed E-state index contributed by atoms with van der Waals surface area (Å²) < 4.78 is 39.5. The van der Waals surface area contributed by atoms with Crippen LogP contribution in [0.5, 0.6) is 11.5 Å². The molecule has 0 spiro atoms. The summed E-state index contributed by atoms with van der Waals surface area (Å²) in [7, 11) is 4.36. The Hall–Kier alpha value is -3.36. The number of hydrogen-bond donors (Lipinski definition) is 2. The Bertz CT molecular complexity index is 859. The molecule has 7 nitrogen and oxygen atoms in total. The maximum absolute atomic E-state index is 12.5. The first kappa shape index (κ1) is 21.9. The molecule has 0 fully saturated rings. The van der Waals surface area contributed by atoms with Crippen molar-refractivity contribution < 1.29 is 27.8 Å². The van der Waals surface area contributed by atoms with Crippen LogP contribution >= 0.6 is 0 Å². The highest BCUT2D eigenvalue weighted by Gasteiger charge is 2.14. The number of esters is 1. The molecule has 2 N–H and O–H groups in total. The second kappa shape index (κ2) is 10.8. The summed E-state index contributed by atoms with van der Waals surface area (Å²) in [6, 6.07) is 11.7. The molecule has 0 aliphatic carbocycles. The molecular formula is C20H23F2N3O4. The van der Waals surface area contributed by atoms with Gasteiger partial charge in [-0.25, -0.2) is 4.79 Å². The Morgan fingerprint density at radius 3 is 2.45 bits per heavy atom. The molecule has 0 unspecified atom stereocenters. The smallest absolute Gasteiger partial charge is 0.387 e. The molecule has 0 saturated carbocycles. The van der Waals surface area contributed by atoms with Crippen LogP contribution < -0.4 is 20.1 Å². The van der Waals surface area contributed by atoms with Crippen LogP contribution in [-0.2, 0) is 17.8 Å². The van der Waals surface area contributed by atoms with Crippen LogP contribution in [0.1, 0.15) is 21.5 Å². The minimum absolute atomic E-state index is 0.100. The quantitative estimate of drug-likeness (QED) is 0.398. The average molecular weight is 407 g/mol. The highest BCUT2D eigenvalue weighted by atomic mass is 19.3. The van der Waals surface area contributed by atoms with E-state index in [-0.39, 0.29) is 12.3 Å². The molecular weight excluding hydrogens is 384 g/mol. The fourth-order valence-electron chi connectivity index (χ4n) is 2.58. The summed E-state index contributed by atoms with van der Waals surface area (Å²) in [6.45, 7) is -2.30. The number of para-hydroxylation sites is 1. The molecule has 0 bridgehead atoms. The zero-order valence-electron chi connectivity index (χ0n) is 16.4. The third-order valence-electron chi connectivity index (χ3n) is 3.99. The topological polar surface area (TPSA) is 81.2 Å². The van der Waals surface area contributed by atoms with E-state index >= 15 is 0 Å². The zero-order valence-corrected chi connectivity index (χ0v) is 16.4. The molecule has 2 aromatic rings. The summed E-state index contributed by atoms with van der Waals surface area (Å²) in [5.41, 5.74) is 1.68. The summed E-state index contributed by atoms with van der Waals surface area (Å²) >= 11 is 0. The van der Waals surface area contributed by atoms with Crippen molar-refractivity contribution in [2.24, 2.45) is 4.99 Å². The van der Waals surface area contributed by atoms with Gasteiger partial charge < -0.3 is 24.8 Å². The standard InChI is InChI=1S/C20H23F2N3O4/c1-23-20(25-12-14-6-4-5-7-16(14)29-19(21)22)24-11-13-8-9-17(27-2)15(10-13)18(26)28-3/h4-10,19H,11-12H2,1-3H3,(H2,23,24,25). The minimum Gasteiger partial charge on any atom is -0.496 e. The van der Waals surface area contributed by atoms with E-state index in [4.69, 9.17) is 9.47 Å². The van der Waals surface area contributed by atoms with Gasteiger partial charge >= 0.3 is 12.6 Å². The first-order valence-corrected chi connectivity index (χ1v) is 8.71. The molecule has 2 rings (SSSR count). The molecule has 9 heteroatoms. The van der Waals surface area contributed by atoms with Gasteiger partial charge in [-0.05, 0) is 23.8 Å². The normalized spacial score (nSPS) is 11.2. The van der Waals surface area contributed by atoms with Crippen molar-refractivity contribution in [3.05, 3.63) is 59.2 Å². The number of guanidine groups is 1. The zero-order chi connectivity index (χ0) is 21.2. The Kier molecular flexibility index (Phi) is 8.20. The van der Waals surface area contributed by atoms with Gasteiger partial charge in [-0.3, -0.25) is 4.99 Å². The third kappa shape index (κ3) is 6.34. The number of alkyl halides is 2. The van der Waals surface area contributed by atoms with Crippen molar-refractivity contribution in [1.82, 2.24) is 10.6 Å². The van der Waals surface area contributed by atoms with Crippen molar-refractivity contribution in [3.8, 4) is 11.5 Å². The van der Waals surface area contributed by atoms with Gasteiger partial charge in [0, 0.05) is 25.7 Å². The van der Waals surface area contributed by atoms with Gasteiger partial charge in [-0.15, -0.1) is 0 Å². The summed E-state index contributed by atoms with van der Waals surface area (Å²) in [5.74, 6) is 0.469. The maximum Gasteiger partial charge on any atom is 0.387 e. The van der Waals surface area contributed by atoms with Gasteiger partial charge in [0.15, 0.2) is 5.96 Å². The Morgan fingerprint density at radius 1 is 1.07 bits per heavy atom. The first-order chi connectivity index (χ1) is 14.0. The lowest BCUT2D eigenvalue weighted by Crippen LogP contribution is -2.36. The first-order valence-electron chi connectivity index (χ1n) is 8.71. The second-order valence-corrected chi connectivity index (χ2v) is 5.79. The molecule has 2 aromatic carbocycles. The van der Waals surface area contributed by atoms with E-state index in [1.54, 1.807) is 43.4 Å². The molecule has 29 heavy (non-hydrogen) atoms. The fraction of sp³-hybridized carbons (Fsp3) is 0.300. The number of benzene rings is 2. The van der Waals surface area contributed by atoms with Crippen molar-refractivity contribution in [2.45, 2.75) is 19.7 Å². The lowest BCUT2D eigenvalue weighted by atomic mass is 10.1. The highest BCUT2D eigenvalue weighted by molar-refractivity contribution is 5.92. The lowest BCUT2D eigenvalue weighted by molar-refractivity contribution is -0.0504. The number of rotatable bonds is 8. The van der Waals surface area contributed by atoms with E-state index in [1.807, 2.05) is 0 Å². The van der Waals surface area contributed by atoms with Crippen molar-refractivity contribution >= 4 is 11.9 Å². The maximum atomic E-state index is 12.5. The van der Waals surface area contributed by atoms with Gasteiger partial charge in [0.1, 0.15) is 17.1 Å². The number of nitrogens with zero attached hydrogens (tertiary/aromatic N) is 1. The molecule has 0 saturated heterocycles. The van der Waals surface area contributed by atoms with E-state index in [0.717, 1.165) is 5.56 Å². The Morgan fingerprint density at radius 2 is 1.79 bits per heavy atom. The molecule has 0 amide bonds. The molecule has 156 valence electrons. The average Bonchev–Trinajstić information content (AvgIpc) is 2.73. The molecule has 0 aliphatic rings. The number of hydrogen-bond acceptors (Lipinski definition) is 5. The number of methoxy groups -OCH3 is 2. The van der Waals surface area contributed by atoms with Gasteiger partial charge in [0.25, 0.3) is 0 Å². The number of ether oxygens (including phenoxy) is 3. The Labute approximate surface area is 167 Å². The molecule has 0 heterocycles. The predicted octanol–water partition coefficient (Wildman–Crippen LogP) is 2.95. The third-order valence-corrected chi connectivity index (χ3v) is 3.99. The van der Waals surface area contributed by atoms with Crippen LogP contribution in [0.4, 0.5) is 8.78 Å². The largest absolute Gasteiger partial charge is 0.496 e. The monoisotopic (exact) mass is 407 g/mol. The van der Waals surface area contributed by atoms with Crippen LogP contribution in [-0.4, -0.2) is 39.8 Å². The number of halogens is 2. The van der Waals surface area contributed by atoms with Gasteiger partial charge in [0.2, 0.25) is 0 Å². The Balaban J connectivity index is 2.01. The van der Waals surface area contributed by atoms with Crippen molar-refractivity contribution in [3.63, 3.8) is 0 Å². The van der Waals surface area contributed by atoms with E-state index in [2.05, 4.69) is 20.4 Å². The number of carbonyl (C=O) groups is 1. The van der Waals surface area contributed by atoms with Gasteiger partial charge in [-0.2, -0.15) is 8.78 Å².